The number of nitrogens with zero attached hydrogens (tertiary/aromatic N) is 1. The van der Waals surface area contributed by atoms with Gasteiger partial charge in [-0.25, -0.2) is 4.79 Å². The van der Waals surface area contributed by atoms with Gasteiger partial charge >= 0.3 is 5.97 Å². The molecule has 6 heteroatoms. The molecule has 0 spiro atoms. The Morgan fingerprint density at radius 2 is 2.50 bits per heavy atom. The molecule has 0 bridgehead atoms. The molecule has 0 aliphatic carbocycles. The van der Waals surface area contributed by atoms with Crippen molar-refractivity contribution in [3.8, 4) is 0 Å². The zero-order chi connectivity index (χ0) is 11.7. The lowest BCUT2D eigenvalue weighted by Gasteiger charge is -2.42. The van der Waals surface area contributed by atoms with E-state index in [1.807, 2.05) is 0 Å². The summed E-state index contributed by atoms with van der Waals surface area (Å²) in [6, 6.07) is 0. The molecule has 1 unspecified atom stereocenters. The van der Waals surface area contributed by atoms with Gasteiger partial charge in [0.05, 0.1) is 22.6 Å². The molecule has 0 saturated carbocycles. The Morgan fingerprint density at radius 3 is 3.06 bits per heavy atom. The summed E-state index contributed by atoms with van der Waals surface area (Å²) in [5, 5.41) is 8.90. The molecule has 0 aromatic heterocycles. The lowest BCUT2D eigenvalue weighted by molar-refractivity contribution is -0.137. The topological polar surface area (TPSA) is 57.6 Å². The third-order valence-electron chi connectivity index (χ3n) is 2.48. The fourth-order valence-corrected chi connectivity index (χ4v) is 3.14. The van der Waals surface area contributed by atoms with E-state index in [-0.39, 0.29) is 22.1 Å². The number of carbonyl (C=O) groups excluding carboxylic acids is 1. The molecule has 1 saturated heterocycles. The summed E-state index contributed by atoms with van der Waals surface area (Å²) >= 11 is 6.99. The van der Waals surface area contributed by atoms with Gasteiger partial charge in [-0.15, -0.1) is 23.4 Å². The molecule has 16 heavy (non-hydrogen) atoms. The maximum absolute atomic E-state index is 11.2. The number of carbonyl (C=O) groups is 2. The van der Waals surface area contributed by atoms with Crippen molar-refractivity contribution >= 4 is 35.2 Å². The fourth-order valence-electron chi connectivity index (χ4n) is 1.64. The van der Waals surface area contributed by atoms with E-state index in [2.05, 4.69) is 0 Å². The highest BCUT2D eigenvalue weighted by Gasteiger charge is 2.42. The first-order valence-corrected chi connectivity index (χ1v) is 6.25. The van der Waals surface area contributed by atoms with E-state index in [9.17, 15) is 9.59 Å². The maximum Gasteiger partial charge on any atom is 0.334 e. The van der Waals surface area contributed by atoms with E-state index in [0.717, 1.165) is 0 Å². The van der Waals surface area contributed by atoms with Gasteiger partial charge in [0.25, 0.3) is 0 Å². The first-order chi connectivity index (χ1) is 7.63. The van der Waals surface area contributed by atoms with Gasteiger partial charge in [0.15, 0.2) is 0 Å². The SMILES string of the molecule is O=C(O)C1=CN2C(=O)C[C@H]2SC1C=CCCl. The average molecular weight is 260 g/mol. The Balaban J connectivity index is 2.22. The predicted octanol–water partition coefficient (Wildman–Crippen LogP) is 1.42. The first-order valence-electron chi connectivity index (χ1n) is 4.77. The largest absolute Gasteiger partial charge is 0.478 e. The normalized spacial score (nSPS) is 28.7. The highest BCUT2D eigenvalue weighted by molar-refractivity contribution is 8.01. The Hall–Kier alpha value is -0.940. The summed E-state index contributed by atoms with van der Waals surface area (Å²) in [7, 11) is 0. The Labute approximate surface area is 102 Å². The number of allylic oxidation sites excluding steroid dienone is 1. The smallest absolute Gasteiger partial charge is 0.334 e. The molecule has 0 aromatic carbocycles. The van der Waals surface area contributed by atoms with Gasteiger partial charge in [-0.2, -0.15) is 0 Å². The van der Waals surface area contributed by atoms with E-state index >= 15 is 0 Å². The summed E-state index contributed by atoms with van der Waals surface area (Å²) < 4.78 is 0. The molecule has 2 aliphatic rings. The predicted molar refractivity (Wildman–Crippen MR) is 62.2 cm³/mol. The number of thioether (sulfide) groups is 1. The highest BCUT2D eigenvalue weighted by Crippen LogP contribution is 2.40. The Morgan fingerprint density at radius 1 is 1.75 bits per heavy atom. The molecule has 2 atom stereocenters. The third-order valence-corrected chi connectivity index (χ3v) is 4.07. The van der Waals surface area contributed by atoms with Crippen LogP contribution >= 0.6 is 23.4 Å². The van der Waals surface area contributed by atoms with Crippen LogP contribution in [0.1, 0.15) is 6.42 Å². The zero-order valence-corrected chi connectivity index (χ0v) is 9.87. The van der Waals surface area contributed by atoms with Gasteiger partial charge in [0.1, 0.15) is 0 Å². The van der Waals surface area contributed by atoms with Crippen molar-refractivity contribution in [1.29, 1.82) is 0 Å². The number of β-lactam (4-membered cyclic amide) rings is 1. The van der Waals surface area contributed by atoms with Crippen LogP contribution in [0.15, 0.2) is 23.9 Å². The summed E-state index contributed by atoms with van der Waals surface area (Å²) in [5.74, 6) is -0.650. The molecule has 4 nitrogen and oxygen atoms in total. The van der Waals surface area contributed by atoms with Crippen LogP contribution in [-0.2, 0) is 9.59 Å². The minimum Gasteiger partial charge on any atom is -0.478 e. The third kappa shape index (κ3) is 1.97. The molecule has 86 valence electrons. The molecule has 2 aliphatic heterocycles. The van der Waals surface area contributed by atoms with E-state index < -0.39 is 5.97 Å². The van der Waals surface area contributed by atoms with Crippen molar-refractivity contribution in [3.63, 3.8) is 0 Å². The van der Waals surface area contributed by atoms with E-state index in [4.69, 9.17) is 16.7 Å². The number of carboxylic acids is 1. The average Bonchev–Trinajstić information content (AvgIpc) is 2.24. The number of hydrogen-bond donors (Lipinski definition) is 1. The molecule has 2 rings (SSSR count). The lowest BCUT2D eigenvalue weighted by Crippen LogP contribution is -2.50. The molecule has 1 fully saturated rings. The fraction of sp³-hybridized carbons (Fsp3) is 0.400. The van der Waals surface area contributed by atoms with Crippen molar-refractivity contribution in [2.45, 2.75) is 17.0 Å². The quantitative estimate of drug-likeness (QED) is 0.473. The standard InChI is InChI=1S/C10H10ClNO3S/c11-3-1-2-7-6(10(14)15)5-12-8(13)4-9(12)16-7/h1-2,5,7,9H,3-4H2,(H,14,15)/t7?,9-/m1/s1. The molecular weight excluding hydrogens is 250 g/mol. The van der Waals surface area contributed by atoms with Crippen molar-refractivity contribution < 1.29 is 14.7 Å². The second-order valence-corrected chi connectivity index (χ2v) is 5.12. The lowest BCUT2D eigenvalue weighted by atomic mass is 10.1. The number of carboxylic acid groups (broad SMARTS) is 1. The monoisotopic (exact) mass is 259 g/mol. The van der Waals surface area contributed by atoms with Crippen molar-refractivity contribution in [2.24, 2.45) is 0 Å². The van der Waals surface area contributed by atoms with E-state index in [0.29, 0.717) is 12.3 Å². The molecule has 1 amide bonds. The Kier molecular flexibility index (Phi) is 3.25. The van der Waals surface area contributed by atoms with Crippen LogP contribution in [0.2, 0.25) is 0 Å². The van der Waals surface area contributed by atoms with Crippen molar-refractivity contribution in [3.05, 3.63) is 23.9 Å². The summed E-state index contributed by atoms with van der Waals surface area (Å²) in [4.78, 5) is 23.7. The van der Waals surface area contributed by atoms with Crippen LogP contribution in [0, 0.1) is 0 Å². The van der Waals surface area contributed by atoms with Crippen LogP contribution in [0.4, 0.5) is 0 Å². The zero-order valence-electron chi connectivity index (χ0n) is 8.30. The van der Waals surface area contributed by atoms with E-state index in [1.165, 1.54) is 22.9 Å². The summed E-state index contributed by atoms with van der Waals surface area (Å²) in [6.45, 7) is 0. The number of hydrogen-bond acceptors (Lipinski definition) is 3. The first kappa shape index (κ1) is 11.5. The second kappa shape index (κ2) is 4.51. The van der Waals surface area contributed by atoms with Crippen molar-refractivity contribution in [1.82, 2.24) is 4.90 Å². The second-order valence-electron chi connectivity index (χ2n) is 3.49. The van der Waals surface area contributed by atoms with Gasteiger partial charge in [-0.3, -0.25) is 4.79 Å². The molecule has 0 radical (unpaired) electrons. The van der Waals surface area contributed by atoms with E-state index in [1.54, 1.807) is 12.2 Å². The number of alkyl halides is 1. The number of amides is 1. The molecule has 1 N–H and O–H groups in total. The van der Waals surface area contributed by atoms with Crippen LogP contribution in [0.5, 0.6) is 0 Å². The molecule has 2 heterocycles. The van der Waals surface area contributed by atoms with Crippen LogP contribution < -0.4 is 0 Å². The van der Waals surface area contributed by atoms with Gasteiger partial charge in [-0.05, 0) is 0 Å². The number of aliphatic carboxylic acids is 1. The van der Waals surface area contributed by atoms with Crippen molar-refractivity contribution in [2.75, 3.05) is 5.88 Å². The van der Waals surface area contributed by atoms with Gasteiger partial charge in [0.2, 0.25) is 5.91 Å². The van der Waals surface area contributed by atoms with Gasteiger partial charge in [0, 0.05) is 12.1 Å². The number of rotatable bonds is 3. The number of fused-ring (bicyclic) bond motifs is 1. The molecular formula is C10H10ClNO3S. The van der Waals surface area contributed by atoms with Gasteiger partial charge < -0.3 is 10.0 Å². The summed E-state index contributed by atoms with van der Waals surface area (Å²) in [5.41, 5.74) is 0.232. The summed E-state index contributed by atoms with van der Waals surface area (Å²) in [6.07, 6.45) is 5.43. The highest BCUT2D eigenvalue weighted by atomic mass is 35.5. The minimum absolute atomic E-state index is 0.0176. The number of halogens is 1. The minimum atomic E-state index is -0.991. The van der Waals surface area contributed by atoms with Crippen LogP contribution in [0.25, 0.3) is 0 Å². The maximum atomic E-state index is 11.2. The van der Waals surface area contributed by atoms with Crippen LogP contribution in [-0.4, -0.2) is 38.4 Å². The Bertz CT molecular complexity index is 394. The molecule has 0 aromatic rings. The van der Waals surface area contributed by atoms with Crippen LogP contribution in [0.3, 0.4) is 0 Å². The van der Waals surface area contributed by atoms with Gasteiger partial charge in [-0.1, -0.05) is 12.2 Å².